The molecule has 1 unspecified atom stereocenters. The first kappa shape index (κ1) is 12.3. The van der Waals surface area contributed by atoms with E-state index >= 15 is 0 Å². The van der Waals surface area contributed by atoms with E-state index in [1.165, 1.54) is 0 Å². The van der Waals surface area contributed by atoms with E-state index < -0.39 is 0 Å². The van der Waals surface area contributed by atoms with E-state index in [0.717, 1.165) is 12.2 Å². The molecule has 1 heterocycles. The summed E-state index contributed by atoms with van der Waals surface area (Å²) in [5.41, 5.74) is -0.133. The predicted molar refractivity (Wildman–Crippen MR) is 63.3 cm³/mol. The highest BCUT2D eigenvalue weighted by molar-refractivity contribution is 6.29. The average molecular weight is 229 g/mol. The Bertz CT molecular complexity index is 319. The van der Waals surface area contributed by atoms with Crippen LogP contribution >= 0.6 is 11.6 Å². The summed E-state index contributed by atoms with van der Waals surface area (Å²) in [5.74, 6) is 0.750. The number of nitrogens with one attached hydrogen (secondary N) is 1. The van der Waals surface area contributed by atoms with Gasteiger partial charge in [-0.3, -0.25) is 0 Å². The number of hydrogen-bond donors (Lipinski definition) is 2. The molecule has 0 saturated heterocycles. The van der Waals surface area contributed by atoms with Gasteiger partial charge in [0.15, 0.2) is 0 Å². The Morgan fingerprint density at radius 3 is 2.80 bits per heavy atom. The van der Waals surface area contributed by atoms with Crippen LogP contribution in [0, 0.1) is 0 Å². The van der Waals surface area contributed by atoms with Crippen LogP contribution < -0.4 is 5.32 Å². The molecule has 2 N–H and O–H groups in total. The normalized spacial score (nSPS) is 14.7. The summed E-state index contributed by atoms with van der Waals surface area (Å²) in [5, 5.41) is 12.7. The Morgan fingerprint density at radius 2 is 2.27 bits per heavy atom. The van der Waals surface area contributed by atoms with Crippen molar-refractivity contribution < 1.29 is 5.11 Å². The minimum atomic E-state index is -0.133. The zero-order valence-corrected chi connectivity index (χ0v) is 9.88. The molecule has 1 atom stereocenters. The zero-order valence-electron chi connectivity index (χ0n) is 9.13. The second-order valence-corrected chi connectivity index (χ2v) is 4.25. The van der Waals surface area contributed by atoms with Crippen molar-refractivity contribution >= 4 is 17.4 Å². The Kier molecular flexibility index (Phi) is 4.36. The number of anilines is 1. The van der Waals surface area contributed by atoms with Gasteiger partial charge in [0, 0.05) is 12.1 Å². The first-order chi connectivity index (χ1) is 7.09. The molecule has 1 rings (SSSR count). The largest absolute Gasteiger partial charge is 0.396 e. The molecule has 0 spiro atoms. The van der Waals surface area contributed by atoms with Crippen LogP contribution in [0.4, 0.5) is 5.82 Å². The second kappa shape index (κ2) is 5.33. The molecule has 1 aromatic heterocycles. The zero-order chi connectivity index (χ0) is 11.3. The van der Waals surface area contributed by atoms with Crippen LogP contribution in [0.3, 0.4) is 0 Å². The third-order valence-corrected chi connectivity index (χ3v) is 2.80. The lowest BCUT2D eigenvalue weighted by Gasteiger charge is -2.29. The molecule has 0 aliphatic rings. The molecular formula is C11H17ClN2O. The molecule has 4 heteroatoms. The molecule has 0 aliphatic carbocycles. The van der Waals surface area contributed by atoms with Crippen LogP contribution in [0.15, 0.2) is 18.2 Å². The summed E-state index contributed by atoms with van der Waals surface area (Å²) in [6, 6.07) is 5.46. The van der Waals surface area contributed by atoms with Crippen molar-refractivity contribution in [2.75, 3.05) is 11.9 Å². The van der Waals surface area contributed by atoms with Gasteiger partial charge in [-0.1, -0.05) is 24.6 Å². The molecule has 0 saturated carbocycles. The van der Waals surface area contributed by atoms with Gasteiger partial charge < -0.3 is 10.4 Å². The molecule has 84 valence electrons. The number of aliphatic hydroxyl groups is 1. The second-order valence-electron chi connectivity index (χ2n) is 3.86. The SMILES string of the molecule is CCC(C)(CCO)Nc1cccc(Cl)n1. The third-order valence-electron chi connectivity index (χ3n) is 2.59. The molecule has 0 bridgehead atoms. The van der Waals surface area contributed by atoms with E-state index in [1.54, 1.807) is 6.07 Å². The number of hydrogen-bond acceptors (Lipinski definition) is 3. The van der Waals surface area contributed by atoms with Gasteiger partial charge in [0.1, 0.15) is 11.0 Å². The number of pyridine rings is 1. The number of aromatic nitrogens is 1. The Hall–Kier alpha value is -0.800. The van der Waals surface area contributed by atoms with Gasteiger partial charge in [-0.15, -0.1) is 0 Å². The van der Waals surface area contributed by atoms with Crippen LogP contribution in [0.1, 0.15) is 26.7 Å². The smallest absolute Gasteiger partial charge is 0.131 e. The predicted octanol–water partition coefficient (Wildman–Crippen LogP) is 2.70. The number of halogens is 1. The maximum absolute atomic E-state index is 8.98. The monoisotopic (exact) mass is 228 g/mol. The van der Waals surface area contributed by atoms with E-state index in [0.29, 0.717) is 11.6 Å². The summed E-state index contributed by atoms with van der Waals surface area (Å²) in [4.78, 5) is 4.16. The fourth-order valence-electron chi connectivity index (χ4n) is 1.36. The van der Waals surface area contributed by atoms with Crippen molar-refractivity contribution in [1.29, 1.82) is 0 Å². The van der Waals surface area contributed by atoms with Gasteiger partial charge in [-0.05, 0) is 31.9 Å². The lowest BCUT2D eigenvalue weighted by molar-refractivity contribution is 0.252. The Labute approximate surface area is 95.5 Å². The van der Waals surface area contributed by atoms with Crippen LogP contribution in [0.25, 0.3) is 0 Å². The topological polar surface area (TPSA) is 45.1 Å². The number of nitrogens with zero attached hydrogens (tertiary/aromatic N) is 1. The van der Waals surface area contributed by atoms with E-state index in [9.17, 15) is 0 Å². The molecule has 0 radical (unpaired) electrons. The van der Waals surface area contributed by atoms with Crippen LogP contribution in [-0.4, -0.2) is 22.2 Å². The van der Waals surface area contributed by atoms with Gasteiger partial charge in [-0.2, -0.15) is 0 Å². The van der Waals surface area contributed by atoms with Crippen LogP contribution in [0.2, 0.25) is 5.15 Å². The van der Waals surface area contributed by atoms with Gasteiger partial charge >= 0.3 is 0 Å². The summed E-state index contributed by atoms with van der Waals surface area (Å²) in [7, 11) is 0. The molecule has 0 aromatic carbocycles. The standard InChI is InChI=1S/C11H17ClN2O/c1-3-11(2,7-8-15)14-10-6-4-5-9(12)13-10/h4-6,15H,3,7-8H2,1-2H3,(H,13,14). The molecule has 0 amide bonds. The highest BCUT2D eigenvalue weighted by atomic mass is 35.5. The summed E-state index contributed by atoms with van der Waals surface area (Å²) in [6.45, 7) is 4.30. The lowest BCUT2D eigenvalue weighted by Crippen LogP contribution is -2.35. The van der Waals surface area contributed by atoms with Crippen molar-refractivity contribution in [3.8, 4) is 0 Å². The van der Waals surface area contributed by atoms with Crippen molar-refractivity contribution in [1.82, 2.24) is 4.98 Å². The van der Waals surface area contributed by atoms with Gasteiger partial charge in [-0.25, -0.2) is 4.98 Å². The molecule has 3 nitrogen and oxygen atoms in total. The maximum Gasteiger partial charge on any atom is 0.131 e. The minimum absolute atomic E-state index is 0.133. The van der Waals surface area contributed by atoms with Crippen molar-refractivity contribution in [3.05, 3.63) is 23.4 Å². The molecular weight excluding hydrogens is 212 g/mol. The first-order valence-electron chi connectivity index (χ1n) is 5.11. The molecule has 1 aromatic rings. The van der Waals surface area contributed by atoms with Crippen LogP contribution in [0.5, 0.6) is 0 Å². The van der Waals surface area contributed by atoms with Gasteiger partial charge in [0.05, 0.1) is 0 Å². The van der Waals surface area contributed by atoms with Gasteiger partial charge in [0.25, 0.3) is 0 Å². The molecule has 15 heavy (non-hydrogen) atoms. The summed E-state index contributed by atoms with van der Waals surface area (Å²) < 4.78 is 0. The van der Waals surface area contributed by atoms with Crippen molar-refractivity contribution in [2.24, 2.45) is 0 Å². The van der Waals surface area contributed by atoms with E-state index in [-0.39, 0.29) is 12.1 Å². The minimum Gasteiger partial charge on any atom is -0.396 e. The van der Waals surface area contributed by atoms with Gasteiger partial charge in [0.2, 0.25) is 0 Å². The highest BCUT2D eigenvalue weighted by Gasteiger charge is 2.21. The van der Waals surface area contributed by atoms with E-state index in [4.69, 9.17) is 16.7 Å². The quantitative estimate of drug-likeness (QED) is 0.762. The van der Waals surface area contributed by atoms with E-state index in [1.807, 2.05) is 12.1 Å². The fourth-order valence-corrected chi connectivity index (χ4v) is 1.53. The Morgan fingerprint density at radius 1 is 1.53 bits per heavy atom. The fraction of sp³-hybridized carbons (Fsp3) is 0.545. The highest BCUT2D eigenvalue weighted by Crippen LogP contribution is 2.21. The summed E-state index contributed by atoms with van der Waals surface area (Å²) in [6.07, 6.45) is 1.61. The van der Waals surface area contributed by atoms with E-state index in [2.05, 4.69) is 24.1 Å². The van der Waals surface area contributed by atoms with Crippen LogP contribution in [-0.2, 0) is 0 Å². The number of aliphatic hydroxyl groups excluding tert-OH is 1. The lowest BCUT2D eigenvalue weighted by atomic mass is 9.95. The Balaban J connectivity index is 2.74. The average Bonchev–Trinajstić information content (AvgIpc) is 2.18. The summed E-state index contributed by atoms with van der Waals surface area (Å²) >= 11 is 5.79. The molecule has 0 aliphatic heterocycles. The van der Waals surface area contributed by atoms with Crippen molar-refractivity contribution in [3.63, 3.8) is 0 Å². The number of rotatable bonds is 5. The molecule has 0 fully saturated rings. The maximum atomic E-state index is 8.98. The third kappa shape index (κ3) is 3.68. The van der Waals surface area contributed by atoms with Crippen molar-refractivity contribution in [2.45, 2.75) is 32.2 Å². The first-order valence-corrected chi connectivity index (χ1v) is 5.49.